The molecule has 1 aliphatic rings. The lowest BCUT2D eigenvalue weighted by Crippen LogP contribution is -2.30. The Morgan fingerprint density at radius 1 is 0.652 bits per heavy atom. The minimum atomic E-state index is -0.513. The number of hydrogen-bond acceptors (Lipinski definition) is 10. The molecule has 0 aromatic heterocycles. The minimum absolute atomic E-state index is 0.186. The quantitative estimate of drug-likeness (QED) is 0.0914. The zero-order valence-electron chi connectivity index (χ0n) is 27.2. The van der Waals surface area contributed by atoms with Gasteiger partial charge in [0.15, 0.2) is 0 Å². The number of ether oxygens (including phenoxy) is 6. The van der Waals surface area contributed by atoms with Gasteiger partial charge in [-0.1, -0.05) is 25.3 Å². The average molecular weight is 637 g/mol. The van der Waals surface area contributed by atoms with Crippen LogP contribution in [0.4, 0.5) is 0 Å². The van der Waals surface area contributed by atoms with Gasteiger partial charge >= 0.3 is 23.9 Å². The molecule has 0 aliphatic heterocycles. The van der Waals surface area contributed by atoms with Gasteiger partial charge in [0.1, 0.15) is 23.7 Å². The van der Waals surface area contributed by atoms with Crippen molar-refractivity contribution in [2.45, 2.75) is 91.3 Å². The second kappa shape index (κ2) is 17.8. The first-order valence-corrected chi connectivity index (χ1v) is 15.4. The van der Waals surface area contributed by atoms with Crippen LogP contribution in [0.3, 0.4) is 0 Å². The van der Waals surface area contributed by atoms with Crippen molar-refractivity contribution in [2.75, 3.05) is 13.6 Å². The zero-order chi connectivity index (χ0) is 33.6. The molecule has 0 heterocycles. The number of benzene rings is 2. The van der Waals surface area contributed by atoms with Gasteiger partial charge in [0, 0.05) is 24.0 Å². The van der Waals surface area contributed by atoms with Crippen molar-refractivity contribution in [2.24, 2.45) is 0 Å². The van der Waals surface area contributed by atoms with E-state index < -0.39 is 11.9 Å². The van der Waals surface area contributed by atoms with Crippen LogP contribution in [0.15, 0.2) is 60.7 Å². The standard InChI is InChI=1S/C36H44O10/c1-23(2)35(39)43-21-41-31-11-7-27(25(5)19-31)9-17-33(37)45-29-13-15-30(16-14-29)46-34(38)18-10-28-8-12-32(20-26(28)6)42-22-44-36(40)24(3)4/h7-8,11-12,19-20,29-30H,1,3,9-10,13-18,21-22H2,2,4-6H3. The van der Waals surface area contributed by atoms with Crippen LogP contribution < -0.4 is 9.47 Å². The molecule has 3 rings (SSSR count). The number of aryl methyl sites for hydroxylation is 4. The van der Waals surface area contributed by atoms with E-state index in [1.165, 1.54) is 0 Å². The Morgan fingerprint density at radius 2 is 1.02 bits per heavy atom. The largest absolute Gasteiger partial charge is 0.462 e. The fourth-order valence-corrected chi connectivity index (χ4v) is 4.86. The summed E-state index contributed by atoms with van der Waals surface area (Å²) in [5, 5.41) is 0. The van der Waals surface area contributed by atoms with Gasteiger partial charge in [-0.15, -0.1) is 0 Å². The maximum absolute atomic E-state index is 12.5. The fraction of sp³-hybridized carbons (Fsp3) is 0.444. The summed E-state index contributed by atoms with van der Waals surface area (Å²) in [7, 11) is 0. The molecule has 0 atom stereocenters. The second-order valence-electron chi connectivity index (χ2n) is 11.5. The van der Waals surface area contributed by atoms with Crippen LogP contribution in [0, 0.1) is 13.8 Å². The first-order chi connectivity index (χ1) is 21.9. The van der Waals surface area contributed by atoms with Crippen molar-refractivity contribution in [1.29, 1.82) is 0 Å². The van der Waals surface area contributed by atoms with Gasteiger partial charge in [-0.2, -0.15) is 0 Å². The normalized spacial score (nSPS) is 15.7. The van der Waals surface area contributed by atoms with Gasteiger partial charge in [-0.3, -0.25) is 9.59 Å². The summed E-state index contributed by atoms with van der Waals surface area (Å²) in [6, 6.07) is 11.0. The number of rotatable bonds is 16. The van der Waals surface area contributed by atoms with Crippen LogP contribution in [0.1, 0.15) is 74.6 Å². The molecular weight excluding hydrogens is 592 g/mol. The monoisotopic (exact) mass is 636 g/mol. The van der Waals surface area contributed by atoms with E-state index >= 15 is 0 Å². The zero-order valence-corrected chi connectivity index (χ0v) is 27.2. The Hall–Kier alpha value is -4.60. The molecule has 1 fully saturated rings. The molecule has 0 spiro atoms. The first-order valence-electron chi connectivity index (χ1n) is 15.4. The molecule has 0 radical (unpaired) electrons. The van der Waals surface area contributed by atoms with Crippen molar-refractivity contribution in [3.63, 3.8) is 0 Å². The maximum Gasteiger partial charge on any atom is 0.335 e. The van der Waals surface area contributed by atoms with Crippen molar-refractivity contribution >= 4 is 23.9 Å². The molecule has 2 aromatic carbocycles. The van der Waals surface area contributed by atoms with Crippen LogP contribution in [0.5, 0.6) is 11.5 Å². The Labute approximate surface area is 270 Å². The molecule has 0 unspecified atom stereocenters. The smallest absolute Gasteiger partial charge is 0.335 e. The maximum atomic E-state index is 12.5. The summed E-state index contributed by atoms with van der Waals surface area (Å²) in [6.07, 6.45) is 3.77. The van der Waals surface area contributed by atoms with Crippen LogP contribution in [0.25, 0.3) is 0 Å². The SMILES string of the molecule is C=C(C)C(=O)OCOc1ccc(CCC(=O)OC2CCC(OC(=O)CCc3ccc(OCOC(=O)C(=C)C)cc3C)CC2)c(C)c1. The van der Waals surface area contributed by atoms with E-state index in [9.17, 15) is 19.2 Å². The summed E-state index contributed by atoms with van der Waals surface area (Å²) >= 11 is 0. The Morgan fingerprint density at radius 3 is 1.35 bits per heavy atom. The summed E-state index contributed by atoms with van der Waals surface area (Å²) in [4.78, 5) is 48.0. The van der Waals surface area contributed by atoms with Gasteiger partial charge in [-0.05, 0) is 113 Å². The summed E-state index contributed by atoms with van der Waals surface area (Å²) in [5.41, 5.74) is 4.52. The van der Waals surface area contributed by atoms with Gasteiger partial charge in [0.2, 0.25) is 13.6 Å². The van der Waals surface area contributed by atoms with Gasteiger partial charge < -0.3 is 28.4 Å². The van der Waals surface area contributed by atoms with E-state index in [-0.39, 0.29) is 50.6 Å². The Bertz CT molecular complexity index is 1310. The fourth-order valence-electron chi connectivity index (χ4n) is 4.86. The second-order valence-corrected chi connectivity index (χ2v) is 11.5. The van der Waals surface area contributed by atoms with E-state index in [1.807, 2.05) is 38.1 Å². The van der Waals surface area contributed by atoms with E-state index in [4.69, 9.17) is 28.4 Å². The highest BCUT2D eigenvalue weighted by molar-refractivity contribution is 5.87. The average Bonchev–Trinajstić information content (AvgIpc) is 3.01. The Kier molecular flexibility index (Phi) is 13.9. The molecule has 0 bridgehead atoms. The number of carbonyl (C=O) groups excluding carboxylic acids is 4. The molecule has 0 amide bonds. The lowest BCUT2D eigenvalue weighted by molar-refractivity contribution is -0.158. The predicted octanol–water partition coefficient (Wildman–Crippen LogP) is 6.18. The summed E-state index contributed by atoms with van der Waals surface area (Å²) in [6.45, 7) is 13.6. The van der Waals surface area contributed by atoms with Crippen molar-refractivity contribution in [1.82, 2.24) is 0 Å². The number of carbonyl (C=O) groups is 4. The highest BCUT2D eigenvalue weighted by Crippen LogP contribution is 2.26. The molecule has 1 aliphatic carbocycles. The third-order valence-corrected chi connectivity index (χ3v) is 7.57. The van der Waals surface area contributed by atoms with E-state index in [0.717, 1.165) is 22.3 Å². The molecule has 0 saturated heterocycles. The van der Waals surface area contributed by atoms with E-state index in [0.29, 0.717) is 61.2 Å². The summed E-state index contributed by atoms with van der Waals surface area (Å²) in [5.74, 6) is -0.416. The van der Waals surface area contributed by atoms with Crippen molar-refractivity contribution in [3.8, 4) is 11.5 Å². The topological polar surface area (TPSA) is 124 Å². The van der Waals surface area contributed by atoms with Crippen molar-refractivity contribution in [3.05, 3.63) is 83.0 Å². The predicted molar refractivity (Wildman–Crippen MR) is 170 cm³/mol. The van der Waals surface area contributed by atoms with Crippen LogP contribution in [-0.2, 0) is 51.0 Å². The molecule has 46 heavy (non-hydrogen) atoms. The molecular formula is C36H44O10. The van der Waals surface area contributed by atoms with E-state index in [1.54, 1.807) is 26.0 Å². The van der Waals surface area contributed by atoms with Crippen LogP contribution in [-0.4, -0.2) is 49.7 Å². The van der Waals surface area contributed by atoms with E-state index in [2.05, 4.69) is 13.2 Å². The first kappa shape index (κ1) is 35.9. The number of esters is 4. The molecule has 10 nitrogen and oxygen atoms in total. The Balaban J connectivity index is 1.31. The summed E-state index contributed by atoms with van der Waals surface area (Å²) < 4.78 is 32.2. The molecule has 10 heteroatoms. The molecule has 1 saturated carbocycles. The van der Waals surface area contributed by atoms with Crippen LogP contribution >= 0.6 is 0 Å². The third-order valence-electron chi connectivity index (χ3n) is 7.57. The van der Waals surface area contributed by atoms with Crippen molar-refractivity contribution < 1.29 is 47.6 Å². The lowest BCUT2D eigenvalue weighted by Gasteiger charge is -2.28. The van der Waals surface area contributed by atoms with Crippen LogP contribution in [0.2, 0.25) is 0 Å². The molecule has 2 aromatic rings. The highest BCUT2D eigenvalue weighted by atomic mass is 16.7. The van der Waals surface area contributed by atoms with Gasteiger partial charge in [-0.25, -0.2) is 9.59 Å². The molecule has 248 valence electrons. The number of hydrogen-bond donors (Lipinski definition) is 0. The van der Waals surface area contributed by atoms with Gasteiger partial charge in [0.05, 0.1) is 0 Å². The van der Waals surface area contributed by atoms with Gasteiger partial charge in [0.25, 0.3) is 0 Å². The third kappa shape index (κ3) is 12.1. The molecule has 0 N–H and O–H groups in total. The highest BCUT2D eigenvalue weighted by Gasteiger charge is 2.26. The minimum Gasteiger partial charge on any atom is -0.462 e. The lowest BCUT2D eigenvalue weighted by atomic mass is 9.94.